The molecule has 8 heteroatoms. The van der Waals surface area contributed by atoms with E-state index in [9.17, 15) is 20.0 Å². The summed E-state index contributed by atoms with van der Waals surface area (Å²) in [4.78, 5) is 23.6. The van der Waals surface area contributed by atoms with E-state index in [1.807, 2.05) is 34.3 Å². The van der Waals surface area contributed by atoms with Crippen molar-refractivity contribution in [1.82, 2.24) is 5.32 Å². The second kappa shape index (κ2) is 7.36. The van der Waals surface area contributed by atoms with Gasteiger partial charge in [-0.2, -0.15) is 11.3 Å². The van der Waals surface area contributed by atoms with Crippen LogP contribution >= 0.6 is 22.7 Å². The van der Waals surface area contributed by atoms with Crippen LogP contribution in [0, 0.1) is 17.0 Å². The van der Waals surface area contributed by atoms with E-state index in [2.05, 4.69) is 5.32 Å². The maximum Gasteiger partial charge on any atom is 0.272 e. The number of carbonyl (C=O) groups excluding carboxylic acids is 1. The predicted octanol–water partition coefficient (Wildman–Crippen LogP) is 3.69. The van der Waals surface area contributed by atoms with Crippen molar-refractivity contribution in [2.75, 3.05) is 6.54 Å². The molecule has 6 nitrogen and oxygen atoms in total. The fraction of sp³-hybridized carbons (Fsp3) is 0.167. The zero-order chi connectivity index (χ0) is 18.7. The van der Waals surface area contributed by atoms with Gasteiger partial charge in [-0.1, -0.05) is 6.07 Å². The first-order valence-electron chi connectivity index (χ1n) is 7.74. The first-order chi connectivity index (χ1) is 12.4. The molecule has 2 aromatic heterocycles. The first kappa shape index (κ1) is 18.2. The number of nitro benzene ring substituents is 1. The van der Waals surface area contributed by atoms with E-state index >= 15 is 0 Å². The Bertz CT molecular complexity index is 887. The molecule has 0 spiro atoms. The highest BCUT2D eigenvalue weighted by atomic mass is 32.1. The molecule has 0 aliphatic carbocycles. The van der Waals surface area contributed by atoms with Crippen molar-refractivity contribution < 1.29 is 14.8 Å². The highest BCUT2D eigenvalue weighted by molar-refractivity contribution is 7.10. The van der Waals surface area contributed by atoms with E-state index in [0.29, 0.717) is 16.7 Å². The topological polar surface area (TPSA) is 92.5 Å². The number of hydrogen-bond acceptors (Lipinski definition) is 6. The van der Waals surface area contributed by atoms with E-state index in [-0.39, 0.29) is 12.2 Å². The van der Waals surface area contributed by atoms with Crippen LogP contribution in [-0.4, -0.2) is 22.5 Å². The lowest BCUT2D eigenvalue weighted by molar-refractivity contribution is -0.385. The van der Waals surface area contributed by atoms with Crippen LogP contribution in [0.15, 0.2) is 52.5 Å². The summed E-state index contributed by atoms with van der Waals surface area (Å²) < 4.78 is 0. The van der Waals surface area contributed by atoms with E-state index < -0.39 is 16.4 Å². The van der Waals surface area contributed by atoms with Crippen molar-refractivity contribution in [2.24, 2.45) is 0 Å². The second-order valence-corrected chi connectivity index (χ2v) is 7.52. The minimum atomic E-state index is -1.32. The van der Waals surface area contributed by atoms with Crippen LogP contribution in [0.25, 0.3) is 0 Å². The van der Waals surface area contributed by atoms with Gasteiger partial charge in [0.05, 0.1) is 11.5 Å². The monoisotopic (exact) mass is 388 g/mol. The Hall–Kier alpha value is -2.55. The lowest BCUT2D eigenvalue weighted by Crippen LogP contribution is -2.41. The second-order valence-electron chi connectivity index (χ2n) is 5.79. The van der Waals surface area contributed by atoms with Gasteiger partial charge < -0.3 is 10.4 Å². The lowest BCUT2D eigenvalue weighted by Gasteiger charge is -2.27. The number of aryl methyl sites for hydroxylation is 1. The molecular formula is C18H16N2O4S2. The maximum atomic E-state index is 12.5. The van der Waals surface area contributed by atoms with Gasteiger partial charge in [-0.25, -0.2) is 0 Å². The molecule has 0 aliphatic rings. The van der Waals surface area contributed by atoms with Gasteiger partial charge in [-0.3, -0.25) is 14.9 Å². The number of aliphatic hydroxyl groups is 1. The molecular weight excluding hydrogens is 372 g/mol. The molecule has 3 rings (SSSR count). The summed E-state index contributed by atoms with van der Waals surface area (Å²) >= 11 is 2.88. The summed E-state index contributed by atoms with van der Waals surface area (Å²) in [5.41, 5.74) is 0.0839. The van der Waals surface area contributed by atoms with Gasteiger partial charge in [0.1, 0.15) is 5.60 Å². The molecule has 1 atom stereocenters. The summed E-state index contributed by atoms with van der Waals surface area (Å²) in [5.74, 6) is -0.395. The number of nitro groups is 1. The number of rotatable bonds is 6. The van der Waals surface area contributed by atoms with Crippen LogP contribution in [0.3, 0.4) is 0 Å². The molecule has 0 radical (unpaired) electrons. The first-order valence-corrected chi connectivity index (χ1v) is 9.56. The summed E-state index contributed by atoms with van der Waals surface area (Å²) in [6.07, 6.45) is 0. The molecule has 2 N–H and O–H groups in total. The number of carbonyl (C=O) groups is 1. The van der Waals surface area contributed by atoms with Crippen molar-refractivity contribution >= 4 is 34.3 Å². The molecule has 0 saturated carbocycles. The molecule has 0 aliphatic heterocycles. The van der Waals surface area contributed by atoms with E-state index in [1.54, 1.807) is 6.92 Å². The summed E-state index contributed by atoms with van der Waals surface area (Å²) in [5, 5.41) is 30.4. The van der Waals surface area contributed by atoms with Gasteiger partial charge in [0, 0.05) is 27.6 Å². The van der Waals surface area contributed by atoms with Crippen LogP contribution < -0.4 is 5.32 Å². The third-order valence-electron chi connectivity index (χ3n) is 4.09. The summed E-state index contributed by atoms with van der Waals surface area (Å²) in [6, 6.07) is 9.70. The Kier molecular flexibility index (Phi) is 5.17. The molecule has 1 aromatic carbocycles. The molecule has 2 heterocycles. The number of benzene rings is 1. The fourth-order valence-electron chi connectivity index (χ4n) is 2.66. The van der Waals surface area contributed by atoms with E-state index in [1.165, 1.54) is 40.9 Å². The Morgan fingerprint density at radius 1 is 1.31 bits per heavy atom. The number of hydrogen-bond donors (Lipinski definition) is 2. The van der Waals surface area contributed by atoms with Crippen LogP contribution in [0.4, 0.5) is 5.69 Å². The summed E-state index contributed by atoms with van der Waals surface area (Å²) in [7, 11) is 0. The Labute approximate surface area is 157 Å². The third-order valence-corrected chi connectivity index (χ3v) is 5.79. The highest BCUT2D eigenvalue weighted by Crippen LogP contribution is 2.33. The molecule has 1 unspecified atom stereocenters. The molecule has 26 heavy (non-hydrogen) atoms. The molecule has 0 saturated heterocycles. The smallest absolute Gasteiger partial charge is 0.272 e. The zero-order valence-electron chi connectivity index (χ0n) is 13.8. The van der Waals surface area contributed by atoms with Crippen molar-refractivity contribution in [3.05, 3.63) is 84.2 Å². The quantitative estimate of drug-likeness (QED) is 0.497. The van der Waals surface area contributed by atoms with Crippen molar-refractivity contribution in [2.45, 2.75) is 12.5 Å². The van der Waals surface area contributed by atoms with Crippen LogP contribution in [-0.2, 0) is 5.60 Å². The fourth-order valence-corrected chi connectivity index (χ4v) is 4.23. The normalized spacial score (nSPS) is 13.2. The van der Waals surface area contributed by atoms with Gasteiger partial charge >= 0.3 is 0 Å². The van der Waals surface area contributed by atoms with Crippen molar-refractivity contribution in [3.63, 3.8) is 0 Å². The molecule has 0 fully saturated rings. The number of thiophene rings is 2. The average molecular weight is 388 g/mol. The van der Waals surface area contributed by atoms with Gasteiger partial charge in [0.25, 0.3) is 11.6 Å². The average Bonchev–Trinajstić information content (AvgIpc) is 3.32. The molecule has 0 bridgehead atoms. The molecule has 134 valence electrons. The largest absolute Gasteiger partial charge is 0.378 e. The standard InChI is InChI=1S/C18H16N2O4S2/c1-12-9-13(4-5-15(12)20(23)24)17(21)19-11-18(22,14-6-8-25-10-14)16-3-2-7-26-16/h2-10,22H,11H2,1H3,(H,19,21). The van der Waals surface area contributed by atoms with Gasteiger partial charge in [0.2, 0.25) is 0 Å². The number of nitrogens with one attached hydrogen (secondary N) is 1. The van der Waals surface area contributed by atoms with Gasteiger partial charge in [0.15, 0.2) is 0 Å². The van der Waals surface area contributed by atoms with Crippen LogP contribution in [0.2, 0.25) is 0 Å². The predicted molar refractivity (Wildman–Crippen MR) is 102 cm³/mol. The highest BCUT2D eigenvalue weighted by Gasteiger charge is 2.33. The van der Waals surface area contributed by atoms with Gasteiger partial charge in [-0.05, 0) is 47.3 Å². The maximum absolute atomic E-state index is 12.5. The van der Waals surface area contributed by atoms with Crippen molar-refractivity contribution in [3.8, 4) is 0 Å². The van der Waals surface area contributed by atoms with E-state index in [0.717, 1.165) is 4.88 Å². The molecule has 1 amide bonds. The minimum Gasteiger partial charge on any atom is -0.378 e. The Morgan fingerprint density at radius 2 is 2.12 bits per heavy atom. The number of amides is 1. The van der Waals surface area contributed by atoms with E-state index in [4.69, 9.17) is 0 Å². The lowest BCUT2D eigenvalue weighted by atomic mass is 9.94. The zero-order valence-corrected chi connectivity index (χ0v) is 15.5. The molecule has 3 aromatic rings. The minimum absolute atomic E-state index is 0.000878. The summed E-state index contributed by atoms with van der Waals surface area (Å²) in [6.45, 7) is 1.58. The Balaban J connectivity index is 1.81. The third kappa shape index (κ3) is 3.52. The Morgan fingerprint density at radius 3 is 2.69 bits per heavy atom. The van der Waals surface area contributed by atoms with Crippen LogP contribution in [0.1, 0.15) is 26.4 Å². The number of nitrogens with zero attached hydrogens (tertiary/aromatic N) is 1. The van der Waals surface area contributed by atoms with Crippen molar-refractivity contribution in [1.29, 1.82) is 0 Å². The van der Waals surface area contributed by atoms with Crippen LogP contribution in [0.5, 0.6) is 0 Å². The van der Waals surface area contributed by atoms with Gasteiger partial charge in [-0.15, -0.1) is 11.3 Å². The SMILES string of the molecule is Cc1cc(C(=O)NCC(O)(c2ccsc2)c2cccs2)ccc1[N+](=O)[O-].